The van der Waals surface area contributed by atoms with E-state index in [9.17, 15) is 19.5 Å². The van der Waals surface area contributed by atoms with Crippen LogP contribution in [0.25, 0.3) is 22.3 Å². The second-order valence-electron chi connectivity index (χ2n) is 13.7. The van der Waals surface area contributed by atoms with E-state index >= 15 is 0 Å². The number of aliphatic carboxylic acids is 2. The second kappa shape index (κ2) is 19.3. The van der Waals surface area contributed by atoms with Crippen molar-refractivity contribution in [2.24, 2.45) is 0 Å². The predicted molar refractivity (Wildman–Crippen MR) is 208 cm³/mol. The Morgan fingerprint density at radius 1 is 0.673 bits per heavy atom. The molecule has 2 N–H and O–H groups in total. The minimum absolute atomic E-state index is 0.00675. The maximum absolute atomic E-state index is 13.7. The number of ether oxygens (including phenoxy) is 2. The standard InChI is InChI=1S/C42H47Cl2NO7/c1-42(2,3)52-41(50)45(36-27-32(29-14-18-34(43)19-15-29)26-33(28-36)30-16-20-35(44)21-17-30)24-7-5-4-6-10-31-11-8-12-38(37(31)22-23-40(48)49)51-25-9-13-39(46)47/h8,11-12,14-21,26-28H,4-7,9-10,13,22-25H2,1-3H3,(H,46,47)(H,48,49). The summed E-state index contributed by atoms with van der Waals surface area (Å²) in [7, 11) is 0. The highest BCUT2D eigenvalue weighted by Crippen LogP contribution is 2.34. The number of hydrogen-bond donors (Lipinski definition) is 2. The monoisotopic (exact) mass is 747 g/mol. The Hall–Kier alpha value is -4.53. The van der Waals surface area contributed by atoms with Crippen LogP contribution in [0.4, 0.5) is 10.5 Å². The highest BCUT2D eigenvalue weighted by atomic mass is 35.5. The number of halogens is 2. The zero-order valence-corrected chi connectivity index (χ0v) is 31.5. The predicted octanol–water partition coefficient (Wildman–Crippen LogP) is 11.1. The second-order valence-corrected chi connectivity index (χ2v) is 14.6. The van der Waals surface area contributed by atoms with Gasteiger partial charge in [0, 0.05) is 35.1 Å². The Bertz CT molecular complexity index is 1740. The molecule has 0 unspecified atom stereocenters. The van der Waals surface area contributed by atoms with Gasteiger partial charge in [0.1, 0.15) is 11.4 Å². The molecule has 0 aromatic heterocycles. The van der Waals surface area contributed by atoms with Crippen LogP contribution < -0.4 is 9.64 Å². The molecule has 0 saturated heterocycles. The number of unbranched alkanes of at least 4 members (excludes halogenated alkanes) is 3. The van der Waals surface area contributed by atoms with Crippen molar-refractivity contribution in [3.8, 4) is 28.0 Å². The van der Waals surface area contributed by atoms with E-state index in [0.717, 1.165) is 71.2 Å². The first-order valence-electron chi connectivity index (χ1n) is 17.6. The summed E-state index contributed by atoms with van der Waals surface area (Å²) in [5, 5.41) is 19.6. The van der Waals surface area contributed by atoms with Crippen molar-refractivity contribution in [2.75, 3.05) is 18.1 Å². The minimum Gasteiger partial charge on any atom is -0.493 e. The fraction of sp³-hybridized carbons (Fsp3) is 0.357. The van der Waals surface area contributed by atoms with Gasteiger partial charge in [0.05, 0.1) is 6.61 Å². The lowest BCUT2D eigenvalue weighted by molar-refractivity contribution is -0.138. The molecule has 0 heterocycles. The number of amides is 1. The molecule has 276 valence electrons. The molecule has 0 atom stereocenters. The van der Waals surface area contributed by atoms with Gasteiger partial charge in [-0.2, -0.15) is 0 Å². The molecule has 0 aliphatic carbocycles. The Morgan fingerprint density at radius 3 is 1.81 bits per heavy atom. The number of anilines is 1. The maximum atomic E-state index is 13.7. The Balaban J connectivity index is 1.50. The number of carbonyl (C=O) groups excluding carboxylic acids is 1. The molecule has 0 radical (unpaired) electrons. The largest absolute Gasteiger partial charge is 0.493 e. The molecule has 0 spiro atoms. The van der Waals surface area contributed by atoms with Crippen molar-refractivity contribution in [1.29, 1.82) is 0 Å². The van der Waals surface area contributed by atoms with Crippen molar-refractivity contribution < 1.29 is 34.1 Å². The number of carbonyl (C=O) groups is 3. The summed E-state index contributed by atoms with van der Waals surface area (Å²) < 4.78 is 11.8. The Kier molecular flexibility index (Phi) is 15.0. The van der Waals surface area contributed by atoms with E-state index in [1.54, 1.807) is 4.90 Å². The summed E-state index contributed by atoms with van der Waals surface area (Å²) >= 11 is 12.4. The highest BCUT2D eigenvalue weighted by molar-refractivity contribution is 6.31. The van der Waals surface area contributed by atoms with Crippen LogP contribution in [0.2, 0.25) is 10.0 Å². The first kappa shape index (κ1) is 40.2. The molecular weight excluding hydrogens is 701 g/mol. The lowest BCUT2D eigenvalue weighted by atomic mass is 9.96. The number of nitrogens with zero attached hydrogens (tertiary/aromatic N) is 1. The quantitative estimate of drug-likeness (QED) is 0.0974. The average Bonchev–Trinajstić information content (AvgIpc) is 3.08. The summed E-state index contributed by atoms with van der Waals surface area (Å²) in [6, 6.07) is 27.0. The molecule has 4 rings (SSSR count). The topological polar surface area (TPSA) is 113 Å². The first-order chi connectivity index (χ1) is 24.8. The number of carboxylic acid groups (broad SMARTS) is 2. The molecule has 8 nitrogen and oxygen atoms in total. The molecule has 0 aliphatic rings. The maximum Gasteiger partial charge on any atom is 0.414 e. The summed E-state index contributed by atoms with van der Waals surface area (Å²) in [4.78, 5) is 37.7. The van der Waals surface area contributed by atoms with Crippen LogP contribution >= 0.6 is 23.2 Å². The number of carboxylic acids is 2. The van der Waals surface area contributed by atoms with E-state index in [-0.39, 0.29) is 19.4 Å². The number of benzene rings is 4. The molecule has 4 aromatic rings. The van der Waals surface area contributed by atoms with Crippen LogP contribution in [-0.2, 0) is 27.2 Å². The smallest absolute Gasteiger partial charge is 0.414 e. The van der Waals surface area contributed by atoms with Crippen LogP contribution in [0.1, 0.15) is 76.8 Å². The number of rotatable bonds is 18. The number of aryl methyl sites for hydroxylation is 1. The van der Waals surface area contributed by atoms with Gasteiger partial charge in [-0.05, 0) is 135 Å². The van der Waals surface area contributed by atoms with Crippen molar-refractivity contribution >= 4 is 46.9 Å². The van der Waals surface area contributed by atoms with Crippen molar-refractivity contribution in [3.63, 3.8) is 0 Å². The minimum atomic E-state index is -0.889. The number of hydrogen-bond acceptors (Lipinski definition) is 5. The van der Waals surface area contributed by atoms with Gasteiger partial charge in [0.15, 0.2) is 0 Å². The summed E-state index contributed by atoms with van der Waals surface area (Å²) in [5.41, 5.74) is 5.70. The zero-order valence-electron chi connectivity index (χ0n) is 30.0. The fourth-order valence-electron chi connectivity index (χ4n) is 5.87. The molecule has 4 aromatic carbocycles. The van der Waals surface area contributed by atoms with Crippen molar-refractivity contribution in [2.45, 2.75) is 84.2 Å². The summed E-state index contributed by atoms with van der Waals surface area (Å²) in [6.07, 6.45) is 4.34. The van der Waals surface area contributed by atoms with Crippen LogP contribution in [-0.4, -0.2) is 47.0 Å². The Morgan fingerprint density at radius 2 is 1.25 bits per heavy atom. The van der Waals surface area contributed by atoms with Crippen LogP contribution in [0.5, 0.6) is 5.75 Å². The van der Waals surface area contributed by atoms with E-state index in [1.165, 1.54) is 0 Å². The molecular formula is C42H47Cl2NO7. The van der Waals surface area contributed by atoms with Gasteiger partial charge in [0.25, 0.3) is 0 Å². The lowest BCUT2D eigenvalue weighted by Gasteiger charge is -2.28. The first-order valence-corrected chi connectivity index (χ1v) is 18.4. The van der Waals surface area contributed by atoms with E-state index < -0.39 is 23.6 Å². The molecule has 10 heteroatoms. The lowest BCUT2D eigenvalue weighted by Crippen LogP contribution is -2.37. The molecule has 52 heavy (non-hydrogen) atoms. The van der Waals surface area contributed by atoms with Crippen LogP contribution in [0.3, 0.4) is 0 Å². The van der Waals surface area contributed by atoms with Gasteiger partial charge in [-0.1, -0.05) is 72.4 Å². The van der Waals surface area contributed by atoms with E-state index in [2.05, 4.69) is 6.07 Å². The van der Waals surface area contributed by atoms with E-state index in [4.69, 9.17) is 37.8 Å². The van der Waals surface area contributed by atoms with Gasteiger partial charge >= 0.3 is 18.0 Å². The van der Waals surface area contributed by atoms with E-state index in [1.807, 2.05) is 99.6 Å². The third kappa shape index (κ3) is 12.9. The van der Waals surface area contributed by atoms with Crippen LogP contribution in [0.15, 0.2) is 84.9 Å². The third-order valence-corrected chi connectivity index (χ3v) is 8.89. The van der Waals surface area contributed by atoms with Crippen molar-refractivity contribution in [1.82, 2.24) is 0 Å². The van der Waals surface area contributed by atoms with Gasteiger partial charge in [-0.25, -0.2) is 4.79 Å². The molecule has 0 fully saturated rings. The van der Waals surface area contributed by atoms with Gasteiger partial charge < -0.3 is 19.7 Å². The summed E-state index contributed by atoms with van der Waals surface area (Å²) in [6.45, 7) is 6.25. The molecule has 0 aliphatic heterocycles. The molecule has 0 saturated carbocycles. The average molecular weight is 749 g/mol. The highest BCUT2D eigenvalue weighted by Gasteiger charge is 2.24. The van der Waals surface area contributed by atoms with E-state index in [0.29, 0.717) is 35.2 Å². The summed E-state index contributed by atoms with van der Waals surface area (Å²) in [5.74, 6) is -1.16. The SMILES string of the molecule is CC(C)(C)OC(=O)N(CCCCCCc1cccc(OCCCC(=O)O)c1CCC(=O)O)c1cc(-c2ccc(Cl)cc2)cc(-c2ccc(Cl)cc2)c1. The van der Waals surface area contributed by atoms with Crippen molar-refractivity contribution in [3.05, 3.63) is 106 Å². The van der Waals surface area contributed by atoms with Gasteiger partial charge in [0.2, 0.25) is 0 Å². The normalized spacial score (nSPS) is 11.2. The third-order valence-electron chi connectivity index (χ3n) is 8.39. The zero-order chi connectivity index (χ0) is 37.7. The Labute approximate surface area is 316 Å². The fourth-order valence-corrected chi connectivity index (χ4v) is 6.12. The van der Waals surface area contributed by atoms with Crippen LogP contribution in [0, 0.1) is 0 Å². The molecule has 1 amide bonds. The van der Waals surface area contributed by atoms with Gasteiger partial charge in [-0.15, -0.1) is 0 Å². The molecule has 0 bridgehead atoms. The van der Waals surface area contributed by atoms with Gasteiger partial charge in [-0.3, -0.25) is 14.5 Å².